The van der Waals surface area contributed by atoms with Crippen molar-refractivity contribution in [2.24, 2.45) is 5.84 Å². The van der Waals surface area contributed by atoms with Crippen LogP contribution in [-0.4, -0.2) is 22.1 Å². The Hall–Kier alpha value is -2.93. The zero-order valence-corrected chi connectivity index (χ0v) is 11.4. The van der Waals surface area contributed by atoms with Gasteiger partial charge in [0, 0.05) is 11.1 Å². The molecule has 0 amide bonds. The fourth-order valence-electron chi connectivity index (χ4n) is 2.02. The van der Waals surface area contributed by atoms with Crippen molar-refractivity contribution in [3.05, 3.63) is 42.5 Å². The number of anilines is 3. The molecule has 2 aromatic carbocycles. The molecule has 0 atom stereocenters. The molecule has 0 saturated carbocycles. The van der Waals surface area contributed by atoms with Crippen LogP contribution in [0.3, 0.4) is 0 Å². The first-order valence-electron chi connectivity index (χ1n) is 6.31. The number of nitrogens with zero attached hydrogens (tertiary/aromatic N) is 3. The Labute approximate surface area is 121 Å². The number of fused-ring (bicyclic) bond motifs is 1. The quantitative estimate of drug-likeness (QED) is 0.497. The number of methoxy groups -OCH3 is 1. The molecule has 0 aliphatic carbocycles. The molecule has 3 rings (SSSR count). The van der Waals surface area contributed by atoms with E-state index in [1.54, 1.807) is 0 Å². The zero-order valence-electron chi connectivity index (χ0n) is 11.4. The van der Waals surface area contributed by atoms with E-state index in [1.807, 2.05) is 42.5 Å². The third-order valence-corrected chi connectivity index (χ3v) is 2.96. The molecular weight excluding hydrogens is 268 g/mol. The lowest BCUT2D eigenvalue weighted by Crippen LogP contribution is -2.13. The summed E-state index contributed by atoms with van der Waals surface area (Å²) in [5, 5.41) is 5.36. The molecule has 7 heteroatoms. The van der Waals surface area contributed by atoms with Gasteiger partial charge in [-0.05, 0) is 11.5 Å². The Bertz CT molecular complexity index is 749. The number of aromatic nitrogens is 3. The molecule has 0 saturated heterocycles. The van der Waals surface area contributed by atoms with Gasteiger partial charge in [-0.2, -0.15) is 15.0 Å². The van der Waals surface area contributed by atoms with Crippen LogP contribution in [0.1, 0.15) is 0 Å². The molecular formula is C14H14N6O. The molecule has 0 aliphatic rings. The molecule has 0 fully saturated rings. The second-order valence-electron chi connectivity index (χ2n) is 4.27. The minimum atomic E-state index is 0.181. The molecule has 1 heterocycles. The predicted octanol–water partition coefficient (Wildman–Crippen LogP) is 2.06. The monoisotopic (exact) mass is 282 g/mol. The normalized spacial score (nSPS) is 10.4. The average Bonchev–Trinajstić information content (AvgIpc) is 2.55. The van der Waals surface area contributed by atoms with Gasteiger partial charge < -0.3 is 10.1 Å². The summed E-state index contributed by atoms with van der Waals surface area (Å²) < 4.78 is 5.02. The summed E-state index contributed by atoms with van der Waals surface area (Å²) in [5.41, 5.74) is 3.28. The third-order valence-electron chi connectivity index (χ3n) is 2.96. The lowest BCUT2D eigenvalue weighted by Gasteiger charge is -2.10. The number of nitrogen functional groups attached to an aromatic ring is 1. The Kier molecular flexibility index (Phi) is 3.48. The van der Waals surface area contributed by atoms with Crippen molar-refractivity contribution in [3.8, 4) is 6.01 Å². The minimum Gasteiger partial charge on any atom is -0.467 e. The van der Waals surface area contributed by atoms with Crippen molar-refractivity contribution in [1.82, 2.24) is 15.0 Å². The topological polar surface area (TPSA) is 98.0 Å². The number of nitrogens with two attached hydrogens (primary N) is 1. The van der Waals surface area contributed by atoms with Crippen molar-refractivity contribution in [1.29, 1.82) is 0 Å². The second kappa shape index (κ2) is 5.59. The Morgan fingerprint density at radius 2 is 1.71 bits per heavy atom. The van der Waals surface area contributed by atoms with E-state index in [0.717, 1.165) is 16.5 Å². The van der Waals surface area contributed by atoms with Gasteiger partial charge in [0.05, 0.1) is 7.11 Å². The molecule has 4 N–H and O–H groups in total. The number of ether oxygens (including phenoxy) is 1. The fraction of sp³-hybridized carbons (Fsp3) is 0.0714. The predicted molar refractivity (Wildman–Crippen MR) is 81.4 cm³/mol. The maximum absolute atomic E-state index is 5.34. The molecule has 0 spiro atoms. The SMILES string of the molecule is COc1nc(NN)nc(Nc2cccc3ccccc23)n1. The summed E-state index contributed by atoms with van der Waals surface area (Å²) in [6, 6.07) is 14.2. The highest BCUT2D eigenvalue weighted by molar-refractivity contribution is 5.94. The van der Waals surface area contributed by atoms with Gasteiger partial charge in [-0.15, -0.1) is 0 Å². The standard InChI is InChI=1S/C14H14N6O/c1-21-14-18-12(17-13(19-14)20-15)16-11-8-4-6-9-5-2-3-7-10(9)11/h2-8H,15H2,1H3,(H2,16,17,18,19,20). The van der Waals surface area contributed by atoms with Crippen molar-refractivity contribution < 1.29 is 4.74 Å². The number of nitrogens with one attached hydrogen (secondary N) is 2. The summed E-state index contributed by atoms with van der Waals surface area (Å²) in [6.07, 6.45) is 0. The van der Waals surface area contributed by atoms with Crippen LogP contribution < -0.4 is 21.3 Å². The first-order chi connectivity index (χ1) is 10.3. The van der Waals surface area contributed by atoms with E-state index >= 15 is 0 Å². The van der Waals surface area contributed by atoms with Crippen LogP contribution in [0.4, 0.5) is 17.6 Å². The van der Waals surface area contributed by atoms with Gasteiger partial charge in [0.1, 0.15) is 0 Å². The van der Waals surface area contributed by atoms with Gasteiger partial charge >= 0.3 is 6.01 Å². The number of benzene rings is 2. The van der Waals surface area contributed by atoms with E-state index in [1.165, 1.54) is 7.11 Å². The molecule has 0 unspecified atom stereocenters. The first-order valence-corrected chi connectivity index (χ1v) is 6.31. The number of hydrogen-bond donors (Lipinski definition) is 3. The van der Waals surface area contributed by atoms with E-state index in [-0.39, 0.29) is 12.0 Å². The average molecular weight is 282 g/mol. The molecule has 7 nitrogen and oxygen atoms in total. The van der Waals surface area contributed by atoms with Gasteiger partial charge in [0.2, 0.25) is 11.9 Å². The number of rotatable bonds is 4. The van der Waals surface area contributed by atoms with E-state index < -0.39 is 0 Å². The van der Waals surface area contributed by atoms with Crippen molar-refractivity contribution in [2.75, 3.05) is 17.9 Å². The molecule has 0 aliphatic heterocycles. The molecule has 3 aromatic rings. The van der Waals surface area contributed by atoms with Crippen LogP contribution in [0.2, 0.25) is 0 Å². The Morgan fingerprint density at radius 1 is 0.952 bits per heavy atom. The summed E-state index contributed by atoms with van der Waals surface area (Å²) in [5.74, 6) is 5.92. The van der Waals surface area contributed by atoms with Crippen LogP contribution in [0.25, 0.3) is 10.8 Å². The summed E-state index contributed by atoms with van der Waals surface area (Å²) >= 11 is 0. The maximum atomic E-state index is 5.34. The van der Waals surface area contributed by atoms with Gasteiger partial charge in [-0.25, -0.2) is 5.84 Å². The van der Waals surface area contributed by atoms with E-state index in [2.05, 4.69) is 25.7 Å². The van der Waals surface area contributed by atoms with Gasteiger partial charge in [-0.3, -0.25) is 5.43 Å². The lowest BCUT2D eigenvalue weighted by atomic mass is 10.1. The van der Waals surface area contributed by atoms with Crippen LogP contribution in [0, 0.1) is 0 Å². The smallest absolute Gasteiger partial charge is 0.322 e. The molecule has 0 radical (unpaired) electrons. The summed E-state index contributed by atoms with van der Waals surface area (Å²) in [6.45, 7) is 0. The molecule has 21 heavy (non-hydrogen) atoms. The number of hydrogen-bond acceptors (Lipinski definition) is 7. The highest BCUT2D eigenvalue weighted by atomic mass is 16.5. The molecule has 1 aromatic heterocycles. The summed E-state index contributed by atoms with van der Waals surface area (Å²) in [7, 11) is 1.48. The van der Waals surface area contributed by atoms with Crippen LogP contribution in [-0.2, 0) is 0 Å². The maximum Gasteiger partial charge on any atom is 0.322 e. The van der Waals surface area contributed by atoms with Crippen molar-refractivity contribution in [2.45, 2.75) is 0 Å². The highest BCUT2D eigenvalue weighted by Crippen LogP contribution is 2.25. The van der Waals surface area contributed by atoms with Crippen molar-refractivity contribution >= 4 is 28.4 Å². The lowest BCUT2D eigenvalue weighted by molar-refractivity contribution is 0.379. The van der Waals surface area contributed by atoms with E-state index in [9.17, 15) is 0 Å². The van der Waals surface area contributed by atoms with E-state index in [4.69, 9.17) is 10.6 Å². The van der Waals surface area contributed by atoms with Gasteiger partial charge in [0.25, 0.3) is 0 Å². The van der Waals surface area contributed by atoms with Gasteiger partial charge in [-0.1, -0.05) is 36.4 Å². The Balaban J connectivity index is 2.02. The summed E-state index contributed by atoms with van der Waals surface area (Å²) in [4.78, 5) is 12.3. The van der Waals surface area contributed by atoms with Crippen LogP contribution in [0.15, 0.2) is 42.5 Å². The van der Waals surface area contributed by atoms with Crippen LogP contribution in [0.5, 0.6) is 6.01 Å². The van der Waals surface area contributed by atoms with Crippen LogP contribution >= 0.6 is 0 Å². The van der Waals surface area contributed by atoms with Gasteiger partial charge in [0.15, 0.2) is 0 Å². The number of hydrazine groups is 1. The largest absolute Gasteiger partial charge is 0.467 e. The highest BCUT2D eigenvalue weighted by Gasteiger charge is 2.07. The van der Waals surface area contributed by atoms with E-state index in [0.29, 0.717) is 5.95 Å². The third kappa shape index (κ3) is 2.67. The molecule has 0 bridgehead atoms. The first kappa shape index (κ1) is 13.1. The fourth-order valence-corrected chi connectivity index (χ4v) is 2.02. The Morgan fingerprint density at radius 3 is 2.52 bits per heavy atom. The molecule has 106 valence electrons. The second-order valence-corrected chi connectivity index (χ2v) is 4.27. The van der Waals surface area contributed by atoms with Crippen molar-refractivity contribution in [3.63, 3.8) is 0 Å². The minimum absolute atomic E-state index is 0.181. The zero-order chi connectivity index (χ0) is 14.7.